The number of ether oxygens (including phenoxy) is 1. The van der Waals surface area contributed by atoms with Crippen molar-refractivity contribution in [1.82, 2.24) is 10.2 Å². The smallest absolute Gasteiger partial charge is 0.313 e. The average molecular weight is 430 g/mol. The number of hydrogen-bond acceptors (Lipinski definition) is 4. The molecule has 0 spiro atoms. The van der Waals surface area contributed by atoms with E-state index in [1.54, 1.807) is 18.2 Å². The maximum absolute atomic E-state index is 12.1. The highest BCUT2D eigenvalue weighted by atomic mass is 35.5. The van der Waals surface area contributed by atoms with Crippen LogP contribution in [0.1, 0.15) is 18.4 Å². The fraction of sp³-hybridized carbons (Fsp3) is 0.391. The van der Waals surface area contributed by atoms with Crippen molar-refractivity contribution in [3.05, 3.63) is 59.1 Å². The van der Waals surface area contributed by atoms with Gasteiger partial charge in [0, 0.05) is 18.8 Å². The Kier molecular flexibility index (Phi) is 8.11. The normalized spacial score (nSPS) is 14.9. The molecule has 1 saturated heterocycles. The summed E-state index contributed by atoms with van der Waals surface area (Å²) in [5.41, 5.74) is 1.81. The molecule has 2 aromatic carbocycles. The highest BCUT2D eigenvalue weighted by molar-refractivity contribution is 6.40. The first kappa shape index (κ1) is 22.1. The van der Waals surface area contributed by atoms with Crippen LogP contribution in [0.4, 0.5) is 5.69 Å². The van der Waals surface area contributed by atoms with Crippen molar-refractivity contribution >= 4 is 29.1 Å². The number of methoxy groups -OCH3 is 1. The summed E-state index contributed by atoms with van der Waals surface area (Å²) in [4.78, 5) is 26.7. The largest absolute Gasteiger partial charge is 0.495 e. The van der Waals surface area contributed by atoms with E-state index in [0.717, 1.165) is 38.9 Å². The number of anilines is 1. The van der Waals surface area contributed by atoms with E-state index in [4.69, 9.17) is 16.3 Å². The molecule has 6 nitrogen and oxygen atoms in total. The Morgan fingerprint density at radius 2 is 1.83 bits per heavy atom. The molecule has 30 heavy (non-hydrogen) atoms. The SMILES string of the molecule is COc1ccc(NC(=O)C(=O)NCC2CCN(CCc3ccccc3)CC2)cc1Cl. The Bertz CT molecular complexity index is 852. The third-order valence-electron chi connectivity index (χ3n) is 5.43. The molecule has 0 unspecified atom stereocenters. The summed E-state index contributed by atoms with van der Waals surface area (Å²) >= 11 is 6.04. The van der Waals surface area contributed by atoms with Crippen molar-refractivity contribution in [2.24, 2.45) is 5.92 Å². The van der Waals surface area contributed by atoms with Gasteiger partial charge in [-0.1, -0.05) is 41.9 Å². The third-order valence-corrected chi connectivity index (χ3v) is 5.73. The van der Waals surface area contributed by atoms with E-state index < -0.39 is 11.8 Å². The number of nitrogens with zero attached hydrogens (tertiary/aromatic N) is 1. The average Bonchev–Trinajstić information content (AvgIpc) is 2.77. The Morgan fingerprint density at radius 1 is 1.10 bits per heavy atom. The van der Waals surface area contributed by atoms with Crippen molar-refractivity contribution in [1.29, 1.82) is 0 Å². The van der Waals surface area contributed by atoms with Gasteiger partial charge in [0.15, 0.2) is 0 Å². The Balaban J connectivity index is 1.36. The number of amides is 2. The van der Waals surface area contributed by atoms with Gasteiger partial charge in [-0.2, -0.15) is 0 Å². The fourth-order valence-corrected chi connectivity index (χ4v) is 3.85. The van der Waals surface area contributed by atoms with E-state index in [2.05, 4.69) is 39.8 Å². The zero-order valence-electron chi connectivity index (χ0n) is 17.2. The second kappa shape index (κ2) is 11.0. The number of halogens is 1. The van der Waals surface area contributed by atoms with Crippen molar-refractivity contribution in [3.8, 4) is 5.75 Å². The molecule has 1 heterocycles. The molecule has 2 N–H and O–H groups in total. The molecule has 1 aliphatic rings. The molecule has 1 aliphatic heterocycles. The molecule has 2 aromatic rings. The maximum Gasteiger partial charge on any atom is 0.313 e. The summed E-state index contributed by atoms with van der Waals surface area (Å²) < 4.78 is 5.08. The van der Waals surface area contributed by atoms with Gasteiger partial charge in [0.1, 0.15) is 5.75 Å². The molecule has 0 saturated carbocycles. The van der Waals surface area contributed by atoms with Crippen molar-refractivity contribution in [2.75, 3.05) is 38.6 Å². The monoisotopic (exact) mass is 429 g/mol. The number of piperidine rings is 1. The Labute approximate surface area is 182 Å². The fourth-order valence-electron chi connectivity index (χ4n) is 3.60. The summed E-state index contributed by atoms with van der Waals surface area (Å²) in [6.45, 7) is 3.60. The zero-order valence-corrected chi connectivity index (χ0v) is 18.0. The van der Waals surface area contributed by atoms with Crippen LogP contribution < -0.4 is 15.4 Å². The predicted molar refractivity (Wildman–Crippen MR) is 119 cm³/mol. The van der Waals surface area contributed by atoms with Crippen molar-refractivity contribution in [2.45, 2.75) is 19.3 Å². The molecular formula is C23H28ClN3O3. The van der Waals surface area contributed by atoms with E-state index in [-0.39, 0.29) is 0 Å². The minimum absolute atomic E-state index is 0.370. The number of rotatable bonds is 7. The van der Waals surface area contributed by atoms with Gasteiger partial charge in [-0.15, -0.1) is 0 Å². The lowest BCUT2D eigenvalue weighted by Crippen LogP contribution is -2.42. The number of nitrogens with one attached hydrogen (secondary N) is 2. The molecule has 160 valence electrons. The van der Waals surface area contributed by atoms with Crippen LogP contribution in [0, 0.1) is 5.92 Å². The van der Waals surface area contributed by atoms with Gasteiger partial charge in [0.2, 0.25) is 0 Å². The van der Waals surface area contributed by atoms with Crippen LogP contribution in [-0.2, 0) is 16.0 Å². The van der Waals surface area contributed by atoms with Gasteiger partial charge in [0.25, 0.3) is 0 Å². The van der Waals surface area contributed by atoms with Gasteiger partial charge in [-0.3, -0.25) is 9.59 Å². The minimum Gasteiger partial charge on any atom is -0.495 e. The van der Waals surface area contributed by atoms with Gasteiger partial charge in [-0.25, -0.2) is 0 Å². The molecule has 7 heteroatoms. The van der Waals surface area contributed by atoms with Crippen LogP contribution in [0.25, 0.3) is 0 Å². The first-order valence-corrected chi connectivity index (χ1v) is 10.6. The summed E-state index contributed by atoms with van der Waals surface area (Å²) in [6.07, 6.45) is 3.09. The van der Waals surface area contributed by atoms with E-state index in [1.807, 2.05) is 6.07 Å². The van der Waals surface area contributed by atoms with Crippen LogP contribution in [0.15, 0.2) is 48.5 Å². The molecule has 2 amide bonds. The highest BCUT2D eigenvalue weighted by Crippen LogP contribution is 2.27. The Morgan fingerprint density at radius 3 is 2.50 bits per heavy atom. The van der Waals surface area contributed by atoms with Gasteiger partial charge < -0.3 is 20.3 Å². The lowest BCUT2D eigenvalue weighted by atomic mass is 9.96. The molecule has 0 aromatic heterocycles. The van der Waals surface area contributed by atoms with E-state index in [0.29, 0.717) is 28.9 Å². The number of hydrogen-bond donors (Lipinski definition) is 2. The predicted octanol–water partition coefficient (Wildman–Crippen LogP) is 3.36. The summed E-state index contributed by atoms with van der Waals surface area (Å²) in [6, 6.07) is 15.3. The van der Waals surface area contributed by atoms with Crippen LogP contribution in [0.5, 0.6) is 5.75 Å². The number of carbonyl (C=O) groups is 2. The first-order valence-electron chi connectivity index (χ1n) is 10.2. The second-order valence-electron chi connectivity index (χ2n) is 7.53. The van der Waals surface area contributed by atoms with Crippen LogP contribution >= 0.6 is 11.6 Å². The number of carbonyl (C=O) groups excluding carboxylic acids is 2. The van der Waals surface area contributed by atoms with E-state index >= 15 is 0 Å². The highest BCUT2D eigenvalue weighted by Gasteiger charge is 2.21. The molecule has 3 rings (SSSR count). The van der Waals surface area contributed by atoms with Gasteiger partial charge in [0.05, 0.1) is 12.1 Å². The number of likely N-dealkylation sites (tertiary alicyclic amines) is 1. The van der Waals surface area contributed by atoms with Crippen LogP contribution in [-0.4, -0.2) is 50.0 Å². The van der Waals surface area contributed by atoms with Gasteiger partial charge >= 0.3 is 11.8 Å². The van der Waals surface area contributed by atoms with Gasteiger partial charge in [-0.05, 0) is 62.0 Å². The lowest BCUT2D eigenvalue weighted by molar-refractivity contribution is -0.136. The topological polar surface area (TPSA) is 70.7 Å². The molecule has 0 atom stereocenters. The lowest BCUT2D eigenvalue weighted by Gasteiger charge is -2.32. The molecule has 0 bridgehead atoms. The Hall–Kier alpha value is -2.57. The molecule has 1 fully saturated rings. The summed E-state index contributed by atoms with van der Waals surface area (Å²) in [7, 11) is 1.51. The first-order chi connectivity index (χ1) is 14.5. The minimum atomic E-state index is -0.698. The summed E-state index contributed by atoms with van der Waals surface area (Å²) in [5, 5.41) is 5.69. The standard InChI is InChI=1S/C23H28ClN3O3/c1-30-21-8-7-19(15-20(21)24)26-23(29)22(28)25-16-18-10-13-27(14-11-18)12-9-17-5-3-2-4-6-17/h2-8,15,18H,9-14,16H2,1H3,(H,25,28)(H,26,29). The molecule has 0 aliphatic carbocycles. The van der Waals surface area contributed by atoms with E-state index in [1.165, 1.54) is 12.7 Å². The second-order valence-corrected chi connectivity index (χ2v) is 7.94. The van der Waals surface area contributed by atoms with Crippen molar-refractivity contribution < 1.29 is 14.3 Å². The van der Waals surface area contributed by atoms with E-state index in [9.17, 15) is 9.59 Å². The molecule has 0 radical (unpaired) electrons. The maximum atomic E-state index is 12.1. The van der Waals surface area contributed by atoms with Crippen LogP contribution in [0.2, 0.25) is 5.02 Å². The quantitative estimate of drug-likeness (QED) is 0.662. The van der Waals surface area contributed by atoms with Crippen LogP contribution in [0.3, 0.4) is 0 Å². The molecular weight excluding hydrogens is 402 g/mol. The number of benzene rings is 2. The third kappa shape index (κ3) is 6.47. The summed E-state index contributed by atoms with van der Waals surface area (Å²) in [5.74, 6) is -0.427. The van der Waals surface area contributed by atoms with Crippen molar-refractivity contribution in [3.63, 3.8) is 0 Å². The zero-order chi connectivity index (χ0) is 21.3.